The molecule has 0 saturated carbocycles. The van der Waals surface area contributed by atoms with Crippen molar-refractivity contribution < 1.29 is 110 Å². The van der Waals surface area contributed by atoms with Gasteiger partial charge in [0, 0.05) is 50.3 Å². The van der Waals surface area contributed by atoms with Crippen LogP contribution in [0.3, 0.4) is 0 Å². The molecule has 0 aliphatic carbocycles. The van der Waals surface area contributed by atoms with E-state index in [-0.39, 0.29) is 90.9 Å². The standard InChI is InChI=1S/Co.2Li.Mn.Ni.H3O4P.2H/c;;;;;1-5(2,3)4;;/h;;;;;(H3,1,2,3,4);;/q;2*+1;;;;2*-1. The molecule has 62 valence electrons. The largest absolute Gasteiger partial charge is 1.00 e. The van der Waals surface area contributed by atoms with Crippen LogP contribution in [-0.4, -0.2) is 14.7 Å². The van der Waals surface area contributed by atoms with E-state index in [2.05, 4.69) is 0 Å². The van der Waals surface area contributed by atoms with Crippen LogP contribution in [-0.2, 0) is 54.9 Å². The zero-order valence-corrected chi connectivity index (χ0v) is 9.33. The minimum absolute atomic E-state index is 0. The molecular weight excluding hydrogens is 281 g/mol. The zero-order chi connectivity index (χ0) is 4.50. The van der Waals surface area contributed by atoms with Crippen LogP contribution in [0.25, 0.3) is 0 Å². The van der Waals surface area contributed by atoms with Gasteiger partial charge in [-0.3, -0.25) is 0 Å². The van der Waals surface area contributed by atoms with Gasteiger partial charge in [0.15, 0.2) is 0 Å². The van der Waals surface area contributed by atoms with E-state index in [0.29, 0.717) is 0 Å². The Labute approximate surface area is 117 Å². The maximum absolute atomic E-state index is 8.88. The van der Waals surface area contributed by atoms with Crippen molar-refractivity contribution in [2.45, 2.75) is 0 Å². The Kier molecular flexibility index (Phi) is 68.5. The van der Waals surface area contributed by atoms with E-state index < -0.39 is 7.82 Å². The monoisotopic (exact) mass is 286 g/mol. The van der Waals surface area contributed by atoms with Gasteiger partial charge in [-0.1, -0.05) is 0 Å². The number of phosphoric acid groups is 1. The van der Waals surface area contributed by atoms with Crippen molar-refractivity contribution in [2.75, 3.05) is 0 Å². The van der Waals surface area contributed by atoms with Gasteiger partial charge in [-0.2, -0.15) is 0 Å². The third kappa shape index (κ3) is 131. The SMILES string of the molecule is O=P(O)(O)O.[Co].[H-].[H-].[Li+].[Li+].[Mn].[Ni]. The third-order valence-corrected chi connectivity index (χ3v) is 0. The Morgan fingerprint density at radius 1 is 1.10 bits per heavy atom. The first-order valence-electron chi connectivity index (χ1n) is 0.783. The van der Waals surface area contributed by atoms with Crippen LogP contribution in [0.4, 0.5) is 0 Å². The molecule has 0 atom stereocenters. The third-order valence-electron chi connectivity index (χ3n) is 0. The summed E-state index contributed by atoms with van der Waals surface area (Å²) < 4.78 is 8.88. The minimum Gasteiger partial charge on any atom is -1.00 e. The molecule has 2 radical (unpaired) electrons. The second kappa shape index (κ2) is 17.8. The summed E-state index contributed by atoms with van der Waals surface area (Å²) >= 11 is 0. The van der Waals surface area contributed by atoms with E-state index in [1.807, 2.05) is 0 Å². The predicted molar refractivity (Wildman–Crippen MR) is 16.5 cm³/mol. The Balaban J connectivity index is -0.00000000381. The van der Waals surface area contributed by atoms with Gasteiger partial charge in [-0.05, 0) is 0 Å². The van der Waals surface area contributed by atoms with Crippen LogP contribution in [0.15, 0.2) is 0 Å². The normalized spacial score (nSPS) is 5.90. The van der Waals surface area contributed by atoms with Crippen LogP contribution in [0.5, 0.6) is 0 Å². The molecule has 0 unspecified atom stereocenters. The molecule has 0 aliphatic heterocycles. The topological polar surface area (TPSA) is 77.8 Å². The van der Waals surface area contributed by atoms with Crippen molar-refractivity contribution in [1.82, 2.24) is 0 Å². The minimum atomic E-state index is -4.64. The van der Waals surface area contributed by atoms with E-state index in [0.717, 1.165) is 0 Å². The fraction of sp³-hybridized carbons (Fsp3) is 0. The molecule has 0 rings (SSSR count). The molecule has 0 heterocycles. The molecule has 0 spiro atoms. The van der Waals surface area contributed by atoms with Gasteiger partial charge >= 0.3 is 45.5 Å². The molecule has 0 amide bonds. The van der Waals surface area contributed by atoms with Crippen molar-refractivity contribution in [3.05, 3.63) is 0 Å². The van der Waals surface area contributed by atoms with Gasteiger partial charge in [0.1, 0.15) is 0 Å². The second-order valence-electron chi connectivity index (χ2n) is 0.513. The first kappa shape index (κ1) is 38.5. The van der Waals surface area contributed by atoms with E-state index in [4.69, 9.17) is 19.2 Å². The van der Waals surface area contributed by atoms with Gasteiger partial charge < -0.3 is 17.5 Å². The molecule has 0 aromatic carbocycles. The predicted octanol–water partition coefficient (Wildman–Crippen LogP) is -6.70. The number of hydrogen-bond donors (Lipinski definition) is 3. The molecular formula is H5CoLi2MnNiO4P. The maximum Gasteiger partial charge on any atom is 1.00 e. The molecule has 0 fully saturated rings. The number of rotatable bonds is 0. The Hall–Kier alpha value is 2.82. The Bertz CT molecular complexity index is 77.2. The molecule has 0 saturated heterocycles. The number of hydrogen-bond acceptors (Lipinski definition) is 1. The smallest absolute Gasteiger partial charge is 1.00 e. The van der Waals surface area contributed by atoms with E-state index in [9.17, 15) is 0 Å². The molecule has 0 aromatic rings. The fourth-order valence-corrected chi connectivity index (χ4v) is 0. The van der Waals surface area contributed by atoms with Gasteiger partial charge in [-0.15, -0.1) is 0 Å². The van der Waals surface area contributed by atoms with Crippen LogP contribution in [0.2, 0.25) is 0 Å². The first-order valence-corrected chi connectivity index (χ1v) is 2.35. The molecule has 3 N–H and O–H groups in total. The summed E-state index contributed by atoms with van der Waals surface area (Å²) in [7, 11) is -4.64. The Morgan fingerprint density at radius 2 is 1.10 bits per heavy atom. The van der Waals surface area contributed by atoms with Gasteiger partial charge in [0.2, 0.25) is 0 Å². The first-order chi connectivity index (χ1) is 2.00. The van der Waals surface area contributed by atoms with Crippen molar-refractivity contribution >= 4 is 7.82 Å². The van der Waals surface area contributed by atoms with E-state index >= 15 is 0 Å². The van der Waals surface area contributed by atoms with Crippen LogP contribution in [0, 0.1) is 0 Å². The van der Waals surface area contributed by atoms with Crippen molar-refractivity contribution in [3.8, 4) is 0 Å². The summed E-state index contributed by atoms with van der Waals surface area (Å²) in [6, 6.07) is 0. The molecule has 0 aromatic heterocycles. The molecule has 10 heavy (non-hydrogen) atoms. The summed E-state index contributed by atoms with van der Waals surface area (Å²) in [6.07, 6.45) is 0. The molecule has 0 aliphatic rings. The van der Waals surface area contributed by atoms with Crippen LogP contribution >= 0.6 is 7.82 Å². The van der Waals surface area contributed by atoms with Gasteiger partial charge in [-0.25, -0.2) is 4.57 Å². The average Bonchev–Trinajstić information content (AvgIpc) is 0.722. The maximum atomic E-state index is 8.88. The average molecular weight is 286 g/mol. The van der Waals surface area contributed by atoms with E-state index in [1.54, 1.807) is 0 Å². The van der Waals surface area contributed by atoms with Crippen LogP contribution < -0.4 is 37.7 Å². The van der Waals surface area contributed by atoms with Crippen molar-refractivity contribution in [3.63, 3.8) is 0 Å². The quantitative estimate of drug-likeness (QED) is 0.306. The summed E-state index contributed by atoms with van der Waals surface area (Å²) in [4.78, 5) is 21.6. The fourth-order valence-electron chi connectivity index (χ4n) is 0. The summed E-state index contributed by atoms with van der Waals surface area (Å²) in [5.41, 5.74) is 0. The zero-order valence-electron chi connectivity index (χ0n) is 7.22. The van der Waals surface area contributed by atoms with Crippen LogP contribution in [0.1, 0.15) is 2.85 Å². The van der Waals surface area contributed by atoms with E-state index in [1.165, 1.54) is 0 Å². The molecule has 10 heteroatoms. The second-order valence-corrected chi connectivity index (χ2v) is 1.54. The van der Waals surface area contributed by atoms with Gasteiger partial charge in [0.25, 0.3) is 0 Å². The van der Waals surface area contributed by atoms with Crippen molar-refractivity contribution in [1.29, 1.82) is 0 Å². The molecule has 0 bridgehead atoms. The summed E-state index contributed by atoms with van der Waals surface area (Å²) in [5.74, 6) is 0. The van der Waals surface area contributed by atoms with Crippen molar-refractivity contribution in [2.24, 2.45) is 0 Å². The van der Waals surface area contributed by atoms with Gasteiger partial charge in [0.05, 0.1) is 0 Å². The summed E-state index contributed by atoms with van der Waals surface area (Å²) in [5, 5.41) is 0. The molecule has 4 nitrogen and oxygen atoms in total. The Morgan fingerprint density at radius 3 is 1.10 bits per heavy atom. The summed E-state index contributed by atoms with van der Waals surface area (Å²) in [6.45, 7) is 0.